The van der Waals surface area contributed by atoms with E-state index in [9.17, 15) is 9.90 Å². The summed E-state index contributed by atoms with van der Waals surface area (Å²) in [6.45, 7) is 4.63. The summed E-state index contributed by atoms with van der Waals surface area (Å²) in [7, 11) is 0. The van der Waals surface area contributed by atoms with Crippen molar-refractivity contribution in [3.63, 3.8) is 0 Å². The van der Waals surface area contributed by atoms with Crippen molar-refractivity contribution in [2.45, 2.75) is 38.6 Å². The molecule has 5 heteroatoms. The van der Waals surface area contributed by atoms with Crippen LogP contribution in [0.3, 0.4) is 0 Å². The molecule has 2 aromatic heterocycles. The molecular weight excluding hydrogens is 314 g/mol. The van der Waals surface area contributed by atoms with Crippen molar-refractivity contribution in [2.75, 3.05) is 5.32 Å². The molecule has 2 N–H and O–H groups in total. The third-order valence-corrected chi connectivity index (χ3v) is 6.39. The van der Waals surface area contributed by atoms with Crippen LogP contribution >= 0.6 is 0 Å². The number of fused-ring (bicyclic) bond motifs is 3. The third kappa shape index (κ3) is 1.89. The monoisotopic (exact) mass is 335 g/mol. The van der Waals surface area contributed by atoms with Gasteiger partial charge in [0, 0.05) is 11.7 Å². The number of nitrogens with one attached hydrogen (secondary N) is 1. The van der Waals surface area contributed by atoms with Gasteiger partial charge in [0.05, 0.1) is 22.1 Å². The molecule has 0 aliphatic heterocycles. The minimum absolute atomic E-state index is 0.181. The predicted molar refractivity (Wildman–Crippen MR) is 97.1 cm³/mol. The van der Waals surface area contributed by atoms with Gasteiger partial charge >= 0.3 is 5.97 Å². The van der Waals surface area contributed by atoms with Gasteiger partial charge in [0.15, 0.2) is 5.82 Å². The Bertz CT molecular complexity index is 1010. The van der Waals surface area contributed by atoms with Gasteiger partial charge in [0.2, 0.25) is 0 Å². The topological polar surface area (TPSA) is 66.6 Å². The van der Waals surface area contributed by atoms with Gasteiger partial charge < -0.3 is 14.8 Å². The van der Waals surface area contributed by atoms with Crippen molar-refractivity contribution >= 4 is 28.3 Å². The minimum atomic E-state index is -0.927. The molecule has 0 saturated heterocycles. The van der Waals surface area contributed by atoms with Gasteiger partial charge in [0.25, 0.3) is 0 Å². The number of rotatable bonds is 4. The molecule has 0 amide bonds. The fourth-order valence-corrected chi connectivity index (χ4v) is 4.87. The average Bonchev–Trinajstić information content (AvgIpc) is 2.98. The highest BCUT2D eigenvalue weighted by molar-refractivity contribution is 5.94. The quantitative estimate of drug-likeness (QED) is 0.751. The standard InChI is InChI=1S/C20H21N3O2/c1-12(2)19-9-20(10-19,11-19)22-17-16-4-3-7-23(16)15-6-5-13(18(24)25)8-14(15)21-17/h3-8,12H,9-11H2,1-2H3,(H,21,22)(H,24,25). The summed E-state index contributed by atoms with van der Waals surface area (Å²) in [6, 6.07) is 9.18. The van der Waals surface area contributed by atoms with E-state index in [2.05, 4.69) is 29.6 Å². The van der Waals surface area contributed by atoms with Crippen LogP contribution in [-0.4, -0.2) is 26.0 Å². The minimum Gasteiger partial charge on any atom is -0.478 e. The van der Waals surface area contributed by atoms with Crippen LogP contribution in [-0.2, 0) is 0 Å². The Balaban J connectivity index is 1.58. The molecule has 5 nitrogen and oxygen atoms in total. The Kier molecular flexibility index (Phi) is 2.68. The number of carboxylic acids is 1. The molecule has 2 heterocycles. The molecule has 128 valence electrons. The number of hydrogen-bond acceptors (Lipinski definition) is 3. The van der Waals surface area contributed by atoms with E-state index in [0.29, 0.717) is 10.9 Å². The largest absolute Gasteiger partial charge is 0.478 e. The van der Waals surface area contributed by atoms with Crippen molar-refractivity contribution < 1.29 is 9.90 Å². The molecule has 3 saturated carbocycles. The first-order chi connectivity index (χ1) is 11.9. The second-order valence-electron chi connectivity index (χ2n) is 8.19. The zero-order chi connectivity index (χ0) is 17.4. The first-order valence-electron chi connectivity index (χ1n) is 8.84. The Hall–Kier alpha value is -2.56. The van der Waals surface area contributed by atoms with Crippen LogP contribution in [0.4, 0.5) is 5.82 Å². The van der Waals surface area contributed by atoms with E-state index >= 15 is 0 Å². The number of benzene rings is 1. The zero-order valence-electron chi connectivity index (χ0n) is 14.4. The number of hydrogen-bond donors (Lipinski definition) is 2. The van der Waals surface area contributed by atoms with Crippen LogP contribution in [0.5, 0.6) is 0 Å². The molecule has 0 spiro atoms. The Morgan fingerprint density at radius 1 is 1.24 bits per heavy atom. The zero-order valence-corrected chi connectivity index (χ0v) is 14.4. The van der Waals surface area contributed by atoms with E-state index in [1.165, 1.54) is 19.3 Å². The SMILES string of the molecule is CC(C)C12CC(Nc3nc4cc(C(=O)O)ccc4n4cccc34)(C1)C2. The third-order valence-electron chi connectivity index (χ3n) is 6.39. The highest BCUT2D eigenvalue weighted by Crippen LogP contribution is 2.71. The molecular formula is C20H21N3O2. The Labute approximate surface area is 145 Å². The number of anilines is 1. The molecule has 3 aliphatic rings. The van der Waals surface area contributed by atoms with E-state index in [4.69, 9.17) is 4.98 Å². The maximum Gasteiger partial charge on any atom is 0.335 e. The predicted octanol–water partition coefficient (Wildman–Crippen LogP) is 4.18. The van der Waals surface area contributed by atoms with Crippen LogP contribution in [0.1, 0.15) is 43.5 Å². The normalized spacial score (nSPS) is 27.3. The van der Waals surface area contributed by atoms with Crippen LogP contribution in [0.15, 0.2) is 36.5 Å². The molecule has 0 atom stereocenters. The van der Waals surface area contributed by atoms with E-state index in [0.717, 1.165) is 22.8 Å². The molecule has 6 rings (SSSR count). The summed E-state index contributed by atoms with van der Waals surface area (Å²) < 4.78 is 2.08. The molecule has 3 aliphatic carbocycles. The first kappa shape index (κ1) is 14.8. The van der Waals surface area contributed by atoms with Crippen LogP contribution in [0.2, 0.25) is 0 Å². The van der Waals surface area contributed by atoms with Crippen LogP contribution in [0.25, 0.3) is 16.6 Å². The van der Waals surface area contributed by atoms with Crippen molar-refractivity contribution in [3.8, 4) is 0 Å². The molecule has 0 unspecified atom stereocenters. The molecule has 3 aromatic rings. The summed E-state index contributed by atoms with van der Waals surface area (Å²) in [5, 5.41) is 12.9. The smallest absolute Gasteiger partial charge is 0.335 e. The Morgan fingerprint density at radius 3 is 2.68 bits per heavy atom. The summed E-state index contributed by atoms with van der Waals surface area (Å²) in [6.07, 6.45) is 5.63. The maximum atomic E-state index is 11.3. The number of aromatic nitrogens is 2. The first-order valence-corrected chi connectivity index (χ1v) is 8.84. The Morgan fingerprint density at radius 2 is 2.00 bits per heavy atom. The second kappa shape index (κ2) is 4.54. The van der Waals surface area contributed by atoms with Crippen LogP contribution < -0.4 is 5.32 Å². The lowest BCUT2D eigenvalue weighted by Crippen LogP contribution is -2.72. The number of carbonyl (C=O) groups is 1. The summed E-state index contributed by atoms with van der Waals surface area (Å²) in [5.41, 5.74) is 3.64. The lowest BCUT2D eigenvalue weighted by atomic mass is 9.36. The van der Waals surface area contributed by atoms with Crippen LogP contribution in [0, 0.1) is 11.3 Å². The van der Waals surface area contributed by atoms with Crippen molar-refractivity contribution in [3.05, 3.63) is 42.1 Å². The van der Waals surface area contributed by atoms with Gasteiger partial charge in [-0.05, 0) is 60.9 Å². The van der Waals surface area contributed by atoms with Gasteiger partial charge in [-0.2, -0.15) is 0 Å². The average molecular weight is 335 g/mol. The van der Waals surface area contributed by atoms with Gasteiger partial charge in [-0.15, -0.1) is 0 Å². The van der Waals surface area contributed by atoms with Gasteiger partial charge in [-0.25, -0.2) is 9.78 Å². The van der Waals surface area contributed by atoms with Crippen molar-refractivity contribution in [2.24, 2.45) is 11.3 Å². The maximum absolute atomic E-state index is 11.3. The number of aromatic carboxylic acids is 1. The van der Waals surface area contributed by atoms with E-state index in [-0.39, 0.29) is 11.1 Å². The fraction of sp³-hybridized carbons (Fsp3) is 0.400. The van der Waals surface area contributed by atoms with Crippen molar-refractivity contribution in [1.82, 2.24) is 9.38 Å². The molecule has 25 heavy (non-hydrogen) atoms. The summed E-state index contributed by atoms with van der Waals surface area (Å²) in [5.74, 6) is 0.661. The fourth-order valence-electron chi connectivity index (χ4n) is 4.87. The molecule has 0 radical (unpaired) electrons. The molecule has 2 bridgehead atoms. The number of carboxylic acid groups (broad SMARTS) is 1. The van der Waals surface area contributed by atoms with E-state index in [1.54, 1.807) is 12.1 Å². The number of nitrogens with zero attached hydrogens (tertiary/aromatic N) is 2. The lowest BCUT2D eigenvalue weighted by Gasteiger charge is -2.73. The van der Waals surface area contributed by atoms with Crippen molar-refractivity contribution in [1.29, 1.82) is 0 Å². The lowest BCUT2D eigenvalue weighted by molar-refractivity contribution is -0.150. The van der Waals surface area contributed by atoms with E-state index in [1.807, 2.05) is 18.3 Å². The van der Waals surface area contributed by atoms with Gasteiger partial charge in [-0.1, -0.05) is 13.8 Å². The highest BCUT2D eigenvalue weighted by Gasteiger charge is 2.68. The second-order valence-corrected chi connectivity index (χ2v) is 8.19. The highest BCUT2D eigenvalue weighted by atomic mass is 16.4. The molecule has 3 fully saturated rings. The van der Waals surface area contributed by atoms with Gasteiger partial charge in [-0.3, -0.25) is 0 Å². The summed E-state index contributed by atoms with van der Waals surface area (Å²) in [4.78, 5) is 16.1. The molecule has 1 aromatic carbocycles. The summed E-state index contributed by atoms with van der Waals surface area (Å²) >= 11 is 0. The van der Waals surface area contributed by atoms with Gasteiger partial charge in [0.1, 0.15) is 0 Å². The van der Waals surface area contributed by atoms with E-state index < -0.39 is 5.97 Å².